The highest BCUT2D eigenvalue weighted by Crippen LogP contribution is 2.14. The molecular formula is C10H19N3O. The maximum absolute atomic E-state index is 11.7. The van der Waals surface area contributed by atoms with Gasteiger partial charge in [-0.05, 0) is 19.8 Å². The number of amidine groups is 1. The monoisotopic (exact) mass is 197 g/mol. The highest BCUT2D eigenvalue weighted by atomic mass is 16.2. The van der Waals surface area contributed by atoms with Gasteiger partial charge in [-0.25, -0.2) is 0 Å². The summed E-state index contributed by atoms with van der Waals surface area (Å²) in [5.41, 5.74) is 0. The van der Waals surface area contributed by atoms with Gasteiger partial charge in [0.05, 0.1) is 5.84 Å². The third kappa shape index (κ3) is 2.25. The summed E-state index contributed by atoms with van der Waals surface area (Å²) in [7, 11) is 3.51. The number of carbonyl (C=O) groups is 1. The summed E-state index contributed by atoms with van der Waals surface area (Å²) in [5, 5.41) is 7.77. The van der Waals surface area contributed by atoms with Crippen LogP contribution in [0.25, 0.3) is 0 Å². The predicted octanol–water partition coefficient (Wildman–Crippen LogP) is 0.926. The number of nitrogens with zero attached hydrogens (tertiary/aromatic N) is 2. The predicted molar refractivity (Wildman–Crippen MR) is 56.4 cm³/mol. The number of nitrogens with one attached hydrogen (secondary N) is 1. The molecule has 80 valence electrons. The van der Waals surface area contributed by atoms with Gasteiger partial charge in [0.25, 0.3) is 0 Å². The van der Waals surface area contributed by atoms with Gasteiger partial charge in [-0.15, -0.1) is 0 Å². The van der Waals surface area contributed by atoms with E-state index in [0.29, 0.717) is 5.84 Å². The molecule has 1 atom stereocenters. The Kier molecular flexibility index (Phi) is 3.49. The summed E-state index contributed by atoms with van der Waals surface area (Å²) < 4.78 is 0. The molecule has 1 saturated heterocycles. The molecule has 4 heteroatoms. The quantitative estimate of drug-likeness (QED) is 0.715. The lowest BCUT2D eigenvalue weighted by atomic mass is 10.1. The van der Waals surface area contributed by atoms with E-state index in [0.717, 1.165) is 25.8 Å². The van der Waals surface area contributed by atoms with Crippen LogP contribution in [0.1, 0.15) is 26.2 Å². The number of likely N-dealkylation sites (tertiary alicyclic amines) is 1. The molecule has 0 aromatic heterocycles. The topological polar surface area (TPSA) is 47.4 Å². The van der Waals surface area contributed by atoms with Gasteiger partial charge in [-0.2, -0.15) is 0 Å². The fourth-order valence-corrected chi connectivity index (χ4v) is 1.79. The van der Waals surface area contributed by atoms with Gasteiger partial charge in [0.2, 0.25) is 5.91 Å². The molecule has 0 aromatic rings. The van der Waals surface area contributed by atoms with Crippen molar-refractivity contribution >= 4 is 11.7 Å². The van der Waals surface area contributed by atoms with Crippen LogP contribution >= 0.6 is 0 Å². The van der Waals surface area contributed by atoms with Gasteiger partial charge in [0.1, 0.15) is 6.04 Å². The molecule has 1 rings (SSSR count). The SMILES string of the molecule is CC(C(=O)N(C)C)N1CCCCC1=N. The fourth-order valence-electron chi connectivity index (χ4n) is 1.79. The minimum absolute atomic E-state index is 0.0802. The van der Waals surface area contributed by atoms with E-state index in [4.69, 9.17) is 5.41 Å². The van der Waals surface area contributed by atoms with E-state index in [1.54, 1.807) is 19.0 Å². The normalized spacial score (nSPS) is 19.4. The van der Waals surface area contributed by atoms with E-state index in [9.17, 15) is 4.79 Å². The average Bonchev–Trinajstić information content (AvgIpc) is 2.16. The number of rotatable bonds is 2. The Labute approximate surface area is 85.4 Å². The van der Waals surface area contributed by atoms with Crippen LogP contribution in [-0.4, -0.2) is 48.2 Å². The third-order valence-electron chi connectivity index (χ3n) is 2.67. The Morgan fingerprint density at radius 1 is 1.50 bits per heavy atom. The Hall–Kier alpha value is -1.06. The number of likely N-dealkylation sites (N-methyl/N-ethyl adjacent to an activating group) is 1. The maximum atomic E-state index is 11.7. The molecule has 0 bridgehead atoms. The summed E-state index contributed by atoms with van der Waals surface area (Å²) in [6.45, 7) is 2.72. The summed E-state index contributed by atoms with van der Waals surface area (Å²) >= 11 is 0. The molecule has 0 spiro atoms. The lowest BCUT2D eigenvalue weighted by Gasteiger charge is -2.34. The van der Waals surface area contributed by atoms with Gasteiger partial charge in [0, 0.05) is 27.1 Å². The van der Waals surface area contributed by atoms with Gasteiger partial charge in [-0.3, -0.25) is 10.2 Å². The molecule has 1 unspecified atom stereocenters. The smallest absolute Gasteiger partial charge is 0.244 e. The van der Waals surface area contributed by atoms with Crippen LogP contribution in [-0.2, 0) is 4.79 Å². The minimum Gasteiger partial charge on any atom is -0.349 e. The largest absolute Gasteiger partial charge is 0.349 e. The summed E-state index contributed by atoms with van der Waals surface area (Å²) in [6.07, 6.45) is 2.98. The van der Waals surface area contributed by atoms with Crippen molar-refractivity contribution in [1.29, 1.82) is 5.41 Å². The zero-order valence-electron chi connectivity index (χ0n) is 9.21. The van der Waals surface area contributed by atoms with Crippen molar-refractivity contribution in [2.45, 2.75) is 32.2 Å². The average molecular weight is 197 g/mol. The first-order valence-electron chi connectivity index (χ1n) is 5.09. The number of hydrogen-bond acceptors (Lipinski definition) is 2. The first-order valence-corrected chi connectivity index (χ1v) is 5.09. The van der Waals surface area contributed by atoms with Crippen molar-refractivity contribution in [2.75, 3.05) is 20.6 Å². The molecule has 14 heavy (non-hydrogen) atoms. The lowest BCUT2D eigenvalue weighted by Crippen LogP contribution is -2.49. The highest BCUT2D eigenvalue weighted by molar-refractivity contribution is 5.88. The number of amides is 1. The molecule has 0 aliphatic carbocycles. The number of piperidine rings is 1. The molecule has 0 saturated carbocycles. The second kappa shape index (κ2) is 4.44. The molecule has 0 radical (unpaired) electrons. The van der Waals surface area contributed by atoms with Crippen molar-refractivity contribution in [3.05, 3.63) is 0 Å². The highest BCUT2D eigenvalue weighted by Gasteiger charge is 2.26. The van der Waals surface area contributed by atoms with E-state index in [1.165, 1.54) is 0 Å². The molecule has 1 N–H and O–H groups in total. The maximum Gasteiger partial charge on any atom is 0.244 e. The van der Waals surface area contributed by atoms with Crippen LogP contribution in [0.4, 0.5) is 0 Å². The first-order chi connectivity index (χ1) is 6.54. The van der Waals surface area contributed by atoms with Crippen molar-refractivity contribution in [3.63, 3.8) is 0 Å². The molecule has 1 amide bonds. The van der Waals surface area contributed by atoms with Crippen LogP contribution in [0.2, 0.25) is 0 Å². The molecule has 1 aliphatic heterocycles. The molecular weight excluding hydrogens is 178 g/mol. The van der Waals surface area contributed by atoms with Crippen LogP contribution < -0.4 is 0 Å². The van der Waals surface area contributed by atoms with Crippen LogP contribution in [0.3, 0.4) is 0 Å². The molecule has 1 fully saturated rings. The summed E-state index contributed by atoms with van der Waals surface area (Å²) in [4.78, 5) is 15.2. The van der Waals surface area contributed by atoms with E-state index in [2.05, 4.69) is 0 Å². The lowest BCUT2D eigenvalue weighted by molar-refractivity contribution is -0.132. The van der Waals surface area contributed by atoms with E-state index >= 15 is 0 Å². The zero-order chi connectivity index (χ0) is 10.7. The van der Waals surface area contributed by atoms with Crippen LogP contribution in [0, 0.1) is 5.41 Å². The third-order valence-corrected chi connectivity index (χ3v) is 2.67. The van der Waals surface area contributed by atoms with Gasteiger partial charge < -0.3 is 9.80 Å². The number of hydrogen-bond donors (Lipinski definition) is 1. The minimum atomic E-state index is -0.183. The summed E-state index contributed by atoms with van der Waals surface area (Å²) in [6, 6.07) is -0.183. The Balaban J connectivity index is 2.62. The van der Waals surface area contributed by atoms with Gasteiger partial charge >= 0.3 is 0 Å². The fraction of sp³-hybridized carbons (Fsp3) is 0.800. The van der Waals surface area contributed by atoms with E-state index in [1.807, 2.05) is 11.8 Å². The summed E-state index contributed by atoms with van der Waals surface area (Å²) in [5.74, 6) is 0.690. The Morgan fingerprint density at radius 3 is 2.64 bits per heavy atom. The Bertz CT molecular complexity index is 238. The van der Waals surface area contributed by atoms with Crippen molar-refractivity contribution in [1.82, 2.24) is 9.80 Å². The second-order valence-electron chi connectivity index (χ2n) is 4.01. The molecule has 0 aromatic carbocycles. The van der Waals surface area contributed by atoms with Crippen molar-refractivity contribution < 1.29 is 4.79 Å². The molecule has 1 heterocycles. The van der Waals surface area contributed by atoms with Gasteiger partial charge in [-0.1, -0.05) is 0 Å². The second-order valence-corrected chi connectivity index (χ2v) is 4.01. The van der Waals surface area contributed by atoms with Gasteiger partial charge in [0.15, 0.2) is 0 Å². The zero-order valence-corrected chi connectivity index (χ0v) is 9.21. The van der Waals surface area contributed by atoms with Crippen LogP contribution in [0.5, 0.6) is 0 Å². The number of carbonyl (C=O) groups excluding carboxylic acids is 1. The Morgan fingerprint density at radius 2 is 2.14 bits per heavy atom. The van der Waals surface area contributed by atoms with E-state index in [-0.39, 0.29) is 11.9 Å². The molecule has 1 aliphatic rings. The standard InChI is InChI=1S/C10H19N3O/c1-8(10(14)12(2)3)13-7-5-4-6-9(13)11/h8,11H,4-7H2,1-3H3. The van der Waals surface area contributed by atoms with Crippen molar-refractivity contribution in [3.8, 4) is 0 Å². The van der Waals surface area contributed by atoms with Crippen LogP contribution in [0.15, 0.2) is 0 Å². The molecule has 4 nitrogen and oxygen atoms in total. The van der Waals surface area contributed by atoms with E-state index < -0.39 is 0 Å². The van der Waals surface area contributed by atoms with Crippen molar-refractivity contribution in [2.24, 2.45) is 0 Å². The first kappa shape index (κ1) is 11.0.